The maximum atomic E-state index is 13.2. The number of benzene rings is 3. The zero-order chi connectivity index (χ0) is 23.1. The van der Waals surface area contributed by atoms with Gasteiger partial charge in [-0.3, -0.25) is 9.69 Å². The van der Waals surface area contributed by atoms with Crippen LogP contribution in [-0.2, 0) is 11.2 Å². The third-order valence-corrected chi connectivity index (χ3v) is 7.19. The Morgan fingerprint density at radius 2 is 1.64 bits per heavy atom. The van der Waals surface area contributed by atoms with Gasteiger partial charge in [0.2, 0.25) is 5.91 Å². The molecular formula is C26H23Cl3N2O2. The van der Waals surface area contributed by atoms with Crippen LogP contribution in [0.5, 0.6) is 5.75 Å². The molecule has 0 N–H and O–H groups in total. The van der Waals surface area contributed by atoms with Crippen LogP contribution in [-0.4, -0.2) is 37.0 Å². The second kappa shape index (κ2) is 9.19. The molecule has 3 aromatic rings. The van der Waals surface area contributed by atoms with Gasteiger partial charge in [0.05, 0.1) is 21.4 Å². The molecule has 1 fully saturated rings. The summed E-state index contributed by atoms with van der Waals surface area (Å²) >= 11 is 19.7. The Bertz CT molecular complexity index is 1210. The molecule has 2 aliphatic heterocycles. The lowest BCUT2D eigenvalue weighted by Crippen LogP contribution is -2.32. The fraction of sp³-hybridized carbons (Fsp3) is 0.269. The van der Waals surface area contributed by atoms with Crippen molar-refractivity contribution in [2.24, 2.45) is 0 Å². The maximum absolute atomic E-state index is 13.2. The molecule has 4 nitrogen and oxygen atoms in total. The summed E-state index contributed by atoms with van der Waals surface area (Å²) in [7, 11) is 2.09. The predicted octanol–water partition coefficient (Wildman–Crippen LogP) is 7.01. The number of likely N-dealkylation sites (N-methyl/N-ethyl adjacent to an activating group) is 1. The van der Waals surface area contributed by atoms with Crippen LogP contribution in [0, 0.1) is 0 Å². The van der Waals surface area contributed by atoms with E-state index in [1.54, 1.807) is 23.1 Å². The normalized spacial score (nSPS) is 18.5. The second-order valence-corrected chi connectivity index (χ2v) is 9.76. The van der Waals surface area contributed by atoms with Gasteiger partial charge in [0.1, 0.15) is 11.9 Å². The summed E-state index contributed by atoms with van der Waals surface area (Å²) in [6.07, 6.45) is 1.98. The Balaban J connectivity index is 1.70. The first-order chi connectivity index (χ1) is 15.9. The molecule has 3 aromatic carbocycles. The van der Waals surface area contributed by atoms with E-state index in [9.17, 15) is 4.79 Å². The lowest BCUT2D eigenvalue weighted by molar-refractivity contribution is -0.118. The summed E-state index contributed by atoms with van der Waals surface area (Å²) in [5, 5.41) is 1.50. The van der Waals surface area contributed by atoms with Crippen LogP contribution in [0.1, 0.15) is 18.4 Å². The standard InChI is InChI=1S/C26H23Cl3N2O2/c1-30-12-11-16(15-30)33-17-13-20(18-5-2-3-6-21(18)27)19-9-10-25(32)31(24(19)14-17)26-22(28)7-4-8-23(26)29/h2-8,13-14,16H,9-12,15H2,1H3. The van der Waals surface area contributed by atoms with Crippen molar-refractivity contribution in [3.63, 3.8) is 0 Å². The van der Waals surface area contributed by atoms with Crippen LogP contribution < -0.4 is 9.64 Å². The van der Waals surface area contributed by atoms with Crippen LogP contribution >= 0.6 is 34.8 Å². The van der Waals surface area contributed by atoms with Crippen LogP contribution in [0.15, 0.2) is 54.6 Å². The molecule has 5 rings (SSSR count). The van der Waals surface area contributed by atoms with Crippen molar-refractivity contribution in [1.29, 1.82) is 0 Å². The molecule has 1 atom stereocenters. The maximum Gasteiger partial charge on any atom is 0.231 e. The number of halogens is 3. The Labute approximate surface area is 208 Å². The fourth-order valence-electron chi connectivity index (χ4n) is 4.69. The van der Waals surface area contributed by atoms with Gasteiger partial charge in [0.25, 0.3) is 0 Å². The molecule has 0 aliphatic carbocycles. The molecule has 0 saturated carbocycles. The van der Waals surface area contributed by atoms with Gasteiger partial charge in [-0.1, -0.05) is 59.1 Å². The number of fused-ring (bicyclic) bond motifs is 1. The van der Waals surface area contributed by atoms with E-state index in [2.05, 4.69) is 11.9 Å². The number of carbonyl (C=O) groups is 1. The largest absolute Gasteiger partial charge is 0.489 e. The average Bonchev–Trinajstić information content (AvgIpc) is 3.19. The molecule has 2 heterocycles. The number of hydrogen-bond donors (Lipinski definition) is 0. The van der Waals surface area contributed by atoms with Crippen molar-refractivity contribution in [3.05, 3.63) is 75.2 Å². The summed E-state index contributed by atoms with van der Waals surface area (Å²) in [6, 6.07) is 17.0. The van der Waals surface area contributed by atoms with Crippen molar-refractivity contribution < 1.29 is 9.53 Å². The van der Waals surface area contributed by atoms with E-state index >= 15 is 0 Å². The third kappa shape index (κ3) is 4.33. The van der Waals surface area contributed by atoms with Crippen LogP contribution in [0.2, 0.25) is 15.1 Å². The number of para-hydroxylation sites is 1. The Morgan fingerprint density at radius 1 is 0.909 bits per heavy atom. The van der Waals surface area contributed by atoms with E-state index in [4.69, 9.17) is 39.5 Å². The van der Waals surface area contributed by atoms with Crippen molar-refractivity contribution in [1.82, 2.24) is 4.90 Å². The van der Waals surface area contributed by atoms with E-state index in [0.717, 1.165) is 41.9 Å². The average molecular weight is 502 g/mol. The zero-order valence-corrected chi connectivity index (χ0v) is 20.4. The summed E-state index contributed by atoms with van der Waals surface area (Å²) in [5.41, 5.74) is 4.12. The Morgan fingerprint density at radius 3 is 2.33 bits per heavy atom. The molecule has 1 saturated heterocycles. The molecule has 0 bridgehead atoms. The smallest absolute Gasteiger partial charge is 0.231 e. The van der Waals surface area contributed by atoms with E-state index in [-0.39, 0.29) is 12.0 Å². The summed E-state index contributed by atoms with van der Waals surface area (Å²) in [5.74, 6) is 0.646. The first-order valence-electron chi connectivity index (χ1n) is 11.0. The van der Waals surface area contributed by atoms with Crippen LogP contribution in [0.3, 0.4) is 0 Å². The number of ether oxygens (including phenoxy) is 1. The monoisotopic (exact) mass is 500 g/mol. The van der Waals surface area contributed by atoms with E-state index in [0.29, 0.717) is 39.3 Å². The van der Waals surface area contributed by atoms with Gasteiger partial charge in [0.15, 0.2) is 0 Å². The minimum Gasteiger partial charge on any atom is -0.489 e. The van der Waals surface area contributed by atoms with Gasteiger partial charge < -0.3 is 9.64 Å². The number of likely N-dealkylation sites (tertiary alicyclic amines) is 1. The van der Waals surface area contributed by atoms with Crippen molar-refractivity contribution in [2.75, 3.05) is 25.0 Å². The van der Waals surface area contributed by atoms with E-state index in [1.807, 2.05) is 36.4 Å². The Kier molecular flexibility index (Phi) is 6.28. The minimum atomic E-state index is -0.0552. The minimum absolute atomic E-state index is 0.0552. The zero-order valence-electron chi connectivity index (χ0n) is 18.2. The van der Waals surface area contributed by atoms with Crippen molar-refractivity contribution in [3.8, 4) is 16.9 Å². The summed E-state index contributed by atoms with van der Waals surface area (Å²) in [4.78, 5) is 17.1. The quantitative estimate of drug-likeness (QED) is 0.385. The molecule has 7 heteroatoms. The SMILES string of the molecule is CN1CCC(Oc2cc(-c3ccccc3Cl)c3c(c2)N(c2c(Cl)cccc2Cl)C(=O)CC3)C1. The number of carbonyl (C=O) groups excluding carboxylic acids is 1. The molecule has 33 heavy (non-hydrogen) atoms. The molecule has 1 unspecified atom stereocenters. The molecule has 0 spiro atoms. The van der Waals surface area contributed by atoms with E-state index < -0.39 is 0 Å². The number of amides is 1. The fourth-order valence-corrected chi connectivity index (χ4v) is 5.49. The van der Waals surface area contributed by atoms with Crippen molar-refractivity contribution in [2.45, 2.75) is 25.4 Å². The van der Waals surface area contributed by atoms with Gasteiger partial charge in [0, 0.05) is 36.2 Å². The highest BCUT2D eigenvalue weighted by Crippen LogP contribution is 2.47. The van der Waals surface area contributed by atoms with Gasteiger partial charge in [-0.15, -0.1) is 0 Å². The lowest BCUT2D eigenvalue weighted by atomic mass is 9.91. The molecule has 1 amide bonds. The molecule has 170 valence electrons. The first kappa shape index (κ1) is 22.5. The second-order valence-electron chi connectivity index (χ2n) is 8.54. The molecular weight excluding hydrogens is 479 g/mol. The summed E-state index contributed by atoms with van der Waals surface area (Å²) < 4.78 is 6.41. The Hall–Kier alpha value is -2.24. The predicted molar refractivity (Wildman–Crippen MR) is 135 cm³/mol. The number of hydrogen-bond acceptors (Lipinski definition) is 3. The molecule has 0 aromatic heterocycles. The number of anilines is 2. The highest BCUT2D eigenvalue weighted by molar-refractivity contribution is 6.40. The van der Waals surface area contributed by atoms with Gasteiger partial charge in [-0.2, -0.15) is 0 Å². The van der Waals surface area contributed by atoms with Gasteiger partial charge >= 0.3 is 0 Å². The first-order valence-corrected chi connectivity index (χ1v) is 12.1. The topological polar surface area (TPSA) is 32.8 Å². The van der Waals surface area contributed by atoms with Crippen LogP contribution in [0.25, 0.3) is 11.1 Å². The number of nitrogens with zero attached hydrogens (tertiary/aromatic N) is 2. The highest BCUT2D eigenvalue weighted by atomic mass is 35.5. The summed E-state index contributed by atoms with van der Waals surface area (Å²) in [6.45, 7) is 1.85. The number of rotatable bonds is 4. The molecule has 2 aliphatic rings. The van der Waals surface area contributed by atoms with Crippen molar-refractivity contribution >= 4 is 52.1 Å². The van der Waals surface area contributed by atoms with E-state index in [1.165, 1.54) is 0 Å². The van der Waals surface area contributed by atoms with Gasteiger partial charge in [-0.25, -0.2) is 0 Å². The lowest BCUT2D eigenvalue weighted by Gasteiger charge is -2.33. The highest BCUT2D eigenvalue weighted by Gasteiger charge is 2.32. The third-order valence-electron chi connectivity index (χ3n) is 6.26. The van der Waals surface area contributed by atoms with Gasteiger partial charge in [-0.05, 0) is 55.3 Å². The van der Waals surface area contributed by atoms with Crippen LogP contribution in [0.4, 0.5) is 11.4 Å². The molecule has 0 radical (unpaired) electrons.